The number of aliphatic imine (C=N–C) groups is 2. The lowest BCUT2D eigenvalue weighted by molar-refractivity contribution is 0.516. The second kappa shape index (κ2) is 6.92. The Labute approximate surface area is 115 Å². The van der Waals surface area contributed by atoms with Crippen molar-refractivity contribution in [1.29, 1.82) is 0 Å². The smallest absolute Gasteiger partial charge is 0.238 e. The van der Waals surface area contributed by atoms with E-state index in [9.17, 15) is 9.59 Å². The van der Waals surface area contributed by atoms with Gasteiger partial charge in [0.1, 0.15) is 0 Å². The summed E-state index contributed by atoms with van der Waals surface area (Å²) in [6, 6.07) is 17.8. The molecule has 0 unspecified atom stereocenters. The highest BCUT2D eigenvalue weighted by Crippen LogP contribution is 2.34. The predicted molar refractivity (Wildman–Crippen MR) is 73.5 cm³/mol. The summed E-state index contributed by atoms with van der Waals surface area (Å²) in [7, 11) is 0. The van der Waals surface area contributed by atoms with Gasteiger partial charge in [-0.05, 0) is 0 Å². The van der Waals surface area contributed by atoms with Gasteiger partial charge < -0.3 is 5.48 Å². The minimum atomic E-state index is -1.41. The van der Waals surface area contributed by atoms with Crippen molar-refractivity contribution in [2.24, 2.45) is 9.98 Å². The molecule has 0 radical (unpaired) electrons. The molecule has 2 aromatic carbocycles. The second-order valence-corrected chi connectivity index (χ2v) is 3.81. The van der Waals surface area contributed by atoms with E-state index < -0.39 is 5.66 Å². The molecule has 0 aromatic heterocycles. The predicted octanol–water partition coefficient (Wildman–Crippen LogP) is 1.73. The van der Waals surface area contributed by atoms with E-state index in [2.05, 4.69) is 9.98 Å². The number of nitrogens with zero attached hydrogens (tertiary/aromatic N) is 2. The lowest BCUT2D eigenvalue weighted by Gasteiger charge is -2.22. The molecule has 100 valence electrons. The van der Waals surface area contributed by atoms with Gasteiger partial charge in [0.15, 0.2) is 0 Å². The molecule has 0 atom stereocenters. The molecule has 0 amide bonds. The molecule has 5 nitrogen and oxygen atoms in total. The van der Waals surface area contributed by atoms with Crippen molar-refractivity contribution in [3.63, 3.8) is 0 Å². The van der Waals surface area contributed by atoms with Crippen LogP contribution in [0.5, 0.6) is 0 Å². The summed E-state index contributed by atoms with van der Waals surface area (Å²) in [4.78, 5) is 29.0. The van der Waals surface area contributed by atoms with Crippen LogP contribution >= 0.6 is 0 Å². The largest absolute Gasteiger partial charge is 0.412 e. The molecular formula is C15H12N2O3. The summed E-state index contributed by atoms with van der Waals surface area (Å²) < 4.78 is 0. The fraction of sp³-hybridized carbons (Fsp3) is 0.0667. The highest BCUT2D eigenvalue weighted by atomic mass is 16.1. The van der Waals surface area contributed by atoms with E-state index in [1.165, 1.54) is 12.2 Å². The number of rotatable bonds is 4. The molecule has 2 rings (SSSR count). The molecule has 0 aliphatic heterocycles. The van der Waals surface area contributed by atoms with E-state index in [0.29, 0.717) is 11.1 Å². The molecule has 0 aliphatic carbocycles. The average Bonchev–Trinajstić information content (AvgIpc) is 2.49. The molecule has 0 spiro atoms. The molecule has 5 heteroatoms. The number of hydrogen-bond donors (Lipinski definition) is 0. The Morgan fingerprint density at radius 3 is 1.35 bits per heavy atom. The summed E-state index contributed by atoms with van der Waals surface area (Å²) in [5, 5.41) is 0. The fourth-order valence-electron chi connectivity index (χ4n) is 1.92. The van der Waals surface area contributed by atoms with Crippen LogP contribution in [0, 0.1) is 0 Å². The Balaban J connectivity index is 0.00000200. The van der Waals surface area contributed by atoms with Crippen LogP contribution in [0.4, 0.5) is 0 Å². The highest BCUT2D eigenvalue weighted by Gasteiger charge is 2.33. The van der Waals surface area contributed by atoms with Crippen molar-refractivity contribution in [1.82, 2.24) is 0 Å². The van der Waals surface area contributed by atoms with Gasteiger partial charge in [-0.1, -0.05) is 60.7 Å². The first kappa shape index (κ1) is 15.2. The molecule has 0 saturated heterocycles. The van der Waals surface area contributed by atoms with Gasteiger partial charge in [0.2, 0.25) is 17.8 Å². The lowest BCUT2D eigenvalue weighted by Crippen LogP contribution is -2.22. The normalized spacial score (nSPS) is 9.60. The zero-order valence-electron chi connectivity index (χ0n) is 10.5. The molecule has 0 bridgehead atoms. The monoisotopic (exact) mass is 268 g/mol. The molecular weight excluding hydrogens is 256 g/mol. The number of isocyanates is 2. The van der Waals surface area contributed by atoms with Crippen molar-refractivity contribution < 1.29 is 15.1 Å². The van der Waals surface area contributed by atoms with Crippen LogP contribution < -0.4 is 0 Å². The van der Waals surface area contributed by atoms with E-state index in [0.717, 1.165) is 0 Å². The Morgan fingerprint density at radius 1 is 0.700 bits per heavy atom. The topological polar surface area (TPSA) is 90.4 Å². The van der Waals surface area contributed by atoms with Crippen molar-refractivity contribution >= 4 is 12.2 Å². The van der Waals surface area contributed by atoms with Crippen molar-refractivity contribution in [2.75, 3.05) is 0 Å². The summed E-state index contributed by atoms with van der Waals surface area (Å²) in [6.45, 7) is 0. The van der Waals surface area contributed by atoms with E-state index in [1.807, 2.05) is 12.1 Å². The molecule has 2 aromatic rings. The van der Waals surface area contributed by atoms with Gasteiger partial charge >= 0.3 is 0 Å². The minimum absolute atomic E-state index is 0. The summed E-state index contributed by atoms with van der Waals surface area (Å²) in [5.74, 6) is 0. The first-order chi connectivity index (χ1) is 9.33. The third-order valence-corrected chi connectivity index (χ3v) is 2.77. The highest BCUT2D eigenvalue weighted by molar-refractivity contribution is 5.49. The van der Waals surface area contributed by atoms with Gasteiger partial charge in [0, 0.05) is 11.1 Å². The molecule has 20 heavy (non-hydrogen) atoms. The maximum Gasteiger partial charge on any atom is 0.238 e. The van der Waals surface area contributed by atoms with Gasteiger partial charge in [0.25, 0.3) is 0 Å². The first-order valence-electron chi connectivity index (χ1n) is 5.62. The first-order valence-corrected chi connectivity index (χ1v) is 5.62. The fourth-order valence-corrected chi connectivity index (χ4v) is 1.92. The Bertz CT molecular complexity index is 584. The lowest BCUT2D eigenvalue weighted by atomic mass is 9.92. The third-order valence-electron chi connectivity index (χ3n) is 2.77. The Hall–Kier alpha value is -2.84. The molecule has 0 aliphatic rings. The van der Waals surface area contributed by atoms with Crippen molar-refractivity contribution in [3.05, 3.63) is 71.8 Å². The quantitative estimate of drug-likeness (QED) is 0.624. The average molecular weight is 268 g/mol. The standard InChI is InChI=1S/C15H10N2O2.H2O/c18-11-16-15(17-12-19,13-7-3-1-4-8-13)14-9-5-2-6-10-14;/h1-10H;1H2. The van der Waals surface area contributed by atoms with Crippen molar-refractivity contribution in [3.8, 4) is 0 Å². The number of carbonyl (C=O) groups excluding carboxylic acids is 2. The van der Waals surface area contributed by atoms with Crippen LogP contribution in [0.2, 0.25) is 0 Å². The minimum Gasteiger partial charge on any atom is -0.412 e. The van der Waals surface area contributed by atoms with E-state index >= 15 is 0 Å². The molecule has 0 saturated carbocycles. The Morgan fingerprint density at radius 2 is 1.05 bits per heavy atom. The van der Waals surface area contributed by atoms with Gasteiger partial charge in [-0.25, -0.2) is 9.59 Å². The van der Waals surface area contributed by atoms with Crippen LogP contribution in [0.3, 0.4) is 0 Å². The van der Waals surface area contributed by atoms with Crippen LogP contribution in [0.1, 0.15) is 11.1 Å². The van der Waals surface area contributed by atoms with Crippen LogP contribution in [0.15, 0.2) is 70.6 Å². The van der Waals surface area contributed by atoms with Crippen LogP contribution in [-0.4, -0.2) is 17.6 Å². The van der Waals surface area contributed by atoms with Crippen LogP contribution in [-0.2, 0) is 15.3 Å². The SMILES string of the molecule is O.O=C=NC(N=C=O)(c1ccccc1)c1ccccc1. The van der Waals surface area contributed by atoms with Gasteiger partial charge in [-0.2, -0.15) is 9.98 Å². The zero-order chi connectivity index (χ0) is 13.6. The molecule has 2 N–H and O–H groups in total. The summed E-state index contributed by atoms with van der Waals surface area (Å²) >= 11 is 0. The number of benzene rings is 2. The summed E-state index contributed by atoms with van der Waals surface area (Å²) in [6.07, 6.45) is 2.99. The van der Waals surface area contributed by atoms with Gasteiger partial charge in [-0.15, -0.1) is 0 Å². The van der Waals surface area contributed by atoms with Gasteiger partial charge in [-0.3, -0.25) is 0 Å². The number of hydrogen-bond acceptors (Lipinski definition) is 4. The zero-order valence-corrected chi connectivity index (χ0v) is 10.5. The summed E-state index contributed by atoms with van der Waals surface area (Å²) in [5.41, 5.74) is -0.202. The van der Waals surface area contributed by atoms with E-state index in [1.54, 1.807) is 48.5 Å². The van der Waals surface area contributed by atoms with Crippen molar-refractivity contribution in [2.45, 2.75) is 5.66 Å². The Kier molecular flexibility index (Phi) is 5.27. The van der Waals surface area contributed by atoms with Gasteiger partial charge in [0.05, 0.1) is 0 Å². The molecule has 0 heterocycles. The van der Waals surface area contributed by atoms with E-state index in [-0.39, 0.29) is 5.48 Å². The maximum atomic E-state index is 10.8. The second-order valence-electron chi connectivity index (χ2n) is 3.81. The van der Waals surface area contributed by atoms with E-state index in [4.69, 9.17) is 0 Å². The van der Waals surface area contributed by atoms with Crippen LogP contribution in [0.25, 0.3) is 0 Å². The third kappa shape index (κ3) is 2.76. The molecule has 0 fully saturated rings. The maximum absolute atomic E-state index is 10.8.